The number of benzene rings is 1. The van der Waals surface area contributed by atoms with Gasteiger partial charge in [0.15, 0.2) is 0 Å². The fourth-order valence-electron chi connectivity index (χ4n) is 1.07. The van der Waals surface area contributed by atoms with E-state index >= 15 is 0 Å². The molecule has 1 N–H and O–H groups in total. The van der Waals surface area contributed by atoms with Gasteiger partial charge < -0.3 is 5.11 Å². The molecule has 2 heteroatoms. The fraction of sp³-hybridized carbons (Fsp3) is 0.364. The van der Waals surface area contributed by atoms with Crippen molar-refractivity contribution in [3.63, 3.8) is 0 Å². The van der Waals surface area contributed by atoms with Crippen LogP contribution in [0.2, 0.25) is 0 Å². The monoisotopic (exact) mass is 178 g/mol. The highest BCUT2D eigenvalue weighted by atomic mass is 16.3. The molecule has 0 aromatic heterocycles. The lowest BCUT2D eigenvalue weighted by molar-refractivity contribution is -0.121. The number of ketones is 1. The lowest BCUT2D eigenvalue weighted by atomic mass is 10.0. The first kappa shape index (κ1) is 9.78. The Bertz CT molecular complexity index is 303. The molecule has 1 aromatic carbocycles. The number of carbonyl (C=O) groups excluding carboxylic acids is 1. The minimum atomic E-state index is 0.0577. The van der Waals surface area contributed by atoms with Gasteiger partial charge in [0.2, 0.25) is 0 Å². The van der Waals surface area contributed by atoms with Gasteiger partial charge >= 0.3 is 0 Å². The minimum Gasteiger partial charge on any atom is -0.508 e. The molecule has 0 bridgehead atoms. The van der Waals surface area contributed by atoms with Crippen LogP contribution in [0.15, 0.2) is 24.3 Å². The molecule has 0 saturated heterocycles. The SMILES string of the molecule is CC(C)C(=O)Cc1cccc(O)c1. The van der Waals surface area contributed by atoms with Gasteiger partial charge in [-0.05, 0) is 17.7 Å². The lowest BCUT2D eigenvalue weighted by Crippen LogP contribution is -2.09. The van der Waals surface area contributed by atoms with Crippen LogP contribution in [0.5, 0.6) is 5.75 Å². The normalized spacial score (nSPS) is 10.4. The van der Waals surface area contributed by atoms with E-state index in [0.29, 0.717) is 6.42 Å². The van der Waals surface area contributed by atoms with Crippen LogP contribution in [0.4, 0.5) is 0 Å². The highest BCUT2D eigenvalue weighted by molar-refractivity contribution is 5.82. The molecule has 13 heavy (non-hydrogen) atoms. The minimum absolute atomic E-state index is 0.0577. The van der Waals surface area contributed by atoms with E-state index in [4.69, 9.17) is 5.11 Å². The summed E-state index contributed by atoms with van der Waals surface area (Å²) in [6.07, 6.45) is 0.409. The van der Waals surface area contributed by atoms with Crippen LogP contribution < -0.4 is 0 Å². The van der Waals surface area contributed by atoms with E-state index < -0.39 is 0 Å². The van der Waals surface area contributed by atoms with Crippen LogP contribution >= 0.6 is 0 Å². The van der Waals surface area contributed by atoms with E-state index in [0.717, 1.165) is 5.56 Å². The van der Waals surface area contributed by atoms with Crippen LogP contribution in [-0.4, -0.2) is 10.9 Å². The van der Waals surface area contributed by atoms with E-state index in [1.54, 1.807) is 18.2 Å². The zero-order valence-corrected chi connectivity index (χ0v) is 7.95. The first-order valence-electron chi connectivity index (χ1n) is 4.40. The van der Waals surface area contributed by atoms with Gasteiger partial charge in [0.1, 0.15) is 11.5 Å². The van der Waals surface area contributed by atoms with Gasteiger partial charge in [-0.3, -0.25) is 4.79 Å². The zero-order chi connectivity index (χ0) is 9.84. The molecule has 0 heterocycles. The highest BCUT2D eigenvalue weighted by Gasteiger charge is 2.07. The average Bonchev–Trinajstić information content (AvgIpc) is 2.04. The van der Waals surface area contributed by atoms with Crippen LogP contribution in [0.1, 0.15) is 19.4 Å². The third kappa shape index (κ3) is 2.90. The van der Waals surface area contributed by atoms with Crippen molar-refractivity contribution in [3.05, 3.63) is 29.8 Å². The number of phenols is 1. The molecule has 2 nitrogen and oxygen atoms in total. The van der Waals surface area contributed by atoms with Crippen molar-refractivity contribution in [2.75, 3.05) is 0 Å². The van der Waals surface area contributed by atoms with Gasteiger partial charge in [0.25, 0.3) is 0 Å². The second-order valence-electron chi connectivity index (χ2n) is 3.47. The number of aromatic hydroxyl groups is 1. The molecule has 0 aliphatic carbocycles. The number of phenolic OH excluding ortho intramolecular Hbond substituents is 1. The van der Waals surface area contributed by atoms with Crippen molar-refractivity contribution >= 4 is 5.78 Å². The van der Waals surface area contributed by atoms with Gasteiger partial charge in [-0.25, -0.2) is 0 Å². The van der Waals surface area contributed by atoms with Crippen molar-refractivity contribution in [3.8, 4) is 5.75 Å². The predicted molar refractivity (Wildman–Crippen MR) is 51.7 cm³/mol. The van der Waals surface area contributed by atoms with Crippen LogP contribution in [0.25, 0.3) is 0 Å². The maximum absolute atomic E-state index is 11.3. The molecule has 0 amide bonds. The molecule has 0 unspecified atom stereocenters. The van der Waals surface area contributed by atoms with Crippen molar-refractivity contribution in [1.29, 1.82) is 0 Å². The number of hydrogen-bond donors (Lipinski definition) is 1. The maximum Gasteiger partial charge on any atom is 0.139 e. The quantitative estimate of drug-likeness (QED) is 0.770. The predicted octanol–water partition coefficient (Wildman–Crippen LogP) is 2.16. The Hall–Kier alpha value is -1.31. The van der Waals surface area contributed by atoms with E-state index in [9.17, 15) is 4.79 Å². The summed E-state index contributed by atoms with van der Waals surface area (Å²) in [6.45, 7) is 3.76. The molecule has 0 aliphatic heterocycles. The summed E-state index contributed by atoms with van der Waals surface area (Å²) >= 11 is 0. The molecule has 0 fully saturated rings. The van der Waals surface area contributed by atoms with Gasteiger partial charge in [0, 0.05) is 12.3 Å². The van der Waals surface area contributed by atoms with Gasteiger partial charge in [-0.1, -0.05) is 26.0 Å². The first-order chi connectivity index (χ1) is 6.09. The largest absolute Gasteiger partial charge is 0.508 e. The van der Waals surface area contributed by atoms with Crippen LogP contribution in [0.3, 0.4) is 0 Å². The number of carbonyl (C=O) groups is 1. The number of Topliss-reactive ketones (excluding diaryl/α,β-unsaturated/α-hetero) is 1. The standard InChI is InChI=1S/C11H14O2/c1-8(2)11(13)7-9-4-3-5-10(12)6-9/h3-6,8,12H,7H2,1-2H3. The van der Waals surface area contributed by atoms with Crippen molar-refractivity contribution < 1.29 is 9.90 Å². The lowest BCUT2D eigenvalue weighted by Gasteiger charge is -2.03. The molecule has 1 aromatic rings. The van der Waals surface area contributed by atoms with Crippen LogP contribution in [-0.2, 0) is 11.2 Å². The maximum atomic E-state index is 11.3. The second-order valence-corrected chi connectivity index (χ2v) is 3.47. The van der Waals surface area contributed by atoms with Crippen molar-refractivity contribution in [2.24, 2.45) is 5.92 Å². The number of rotatable bonds is 3. The molecule has 0 aliphatic rings. The Morgan fingerprint density at radius 1 is 1.46 bits per heavy atom. The molecule has 0 atom stereocenters. The third-order valence-electron chi connectivity index (χ3n) is 1.93. The Labute approximate surface area is 78.2 Å². The summed E-state index contributed by atoms with van der Waals surface area (Å²) in [6, 6.07) is 6.82. The molecule has 1 rings (SSSR count). The van der Waals surface area contributed by atoms with Crippen molar-refractivity contribution in [2.45, 2.75) is 20.3 Å². The molecule has 70 valence electrons. The van der Waals surface area contributed by atoms with Gasteiger partial charge in [0.05, 0.1) is 0 Å². The Kier molecular flexibility index (Phi) is 3.07. The summed E-state index contributed by atoms with van der Waals surface area (Å²) in [7, 11) is 0. The molecule has 0 spiro atoms. The zero-order valence-electron chi connectivity index (χ0n) is 7.95. The Balaban J connectivity index is 2.69. The Morgan fingerprint density at radius 3 is 2.69 bits per heavy atom. The molecule has 0 saturated carbocycles. The summed E-state index contributed by atoms with van der Waals surface area (Å²) in [5, 5.41) is 9.15. The second kappa shape index (κ2) is 4.08. The van der Waals surface area contributed by atoms with Gasteiger partial charge in [-0.15, -0.1) is 0 Å². The van der Waals surface area contributed by atoms with E-state index in [2.05, 4.69) is 0 Å². The van der Waals surface area contributed by atoms with Crippen LogP contribution in [0, 0.1) is 5.92 Å². The summed E-state index contributed by atoms with van der Waals surface area (Å²) in [4.78, 5) is 11.3. The van der Waals surface area contributed by atoms with E-state index in [1.165, 1.54) is 0 Å². The molecule has 0 radical (unpaired) electrons. The fourth-order valence-corrected chi connectivity index (χ4v) is 1.07. The highest BCUT2D eigenvalue weighted by Crippen LogP contribution is 2.12. The van der Waals surface area contributed by atoms with Crippen molar-refractivity contribution in [1.82, 2.24) is 0 Å². The topological polar surface area (TPSA) is 37.3 Å². The molecular weight excluding hydrogens is 164 g/mol. The Morgan fingerprint density at radius 2 is 2.15 bits per heavy atom. The third-order valence-corrected chi connectivity index (χ3v) is 1.93. The average molecular weight is 178 g/mol. The van der Waals surface area contributed by atoms with E-state index in [-0.39, 0.29) is 17.5 Å². The van der Waals surface area contributed by atoms with Gasteiger partial charge in [-0.2, -0.15) is 0 Å². The summed E-state index contributed by atoms with van der Waals surface area (Å²) in [5.74, 6) is 0.474. The first-order valence-corrected chi connectivity index (χ1v) is 4.40. The molecular formula is C11H14O2. The number of hydrogen-bond acceptors (Lipinski definition) is 2. The summed E-state index contributed by atoms with van der Waals surface area (Å²) in [5.41, 5.74) is 0.874. The smallest absolute Gasteiger partial charge is 0.139 e. The summed E-state index contributed by atoms with van der Waals surface area (Å²) < 4.78 is 0. The van der Waals surface area contributed by atoms with E-state index in [1.807, 2.05) is 19.9 Å².